The van der Waals surface area contributed by atoms with Gasteiger partial charge in [0.1, 0.15) is 18.3 Å². The zero-order valence-corrected chi connectivity index (χ0v) is 9.41. The molecule has 0 aliphatic heterocycles. The van der Waals surface area contributed by atoms with Crippen LogP contribution in [0.25, 0.3) is 0 Å². The lowest BCUT2D eigenvalue weighted by Crippen LogP contribution is -2.49. The Kier molecular flexibility index (Phi) is 8.51. The van der Waals surface area contributed by atoms with Gasteiger partial charge in [-0.05, 0) is 6.92 Å². The molecule has 0 rings (SSSR count). The molecule has 0 spiro atoms. The molecular formula is C7H16BrNO5. The summed E-state index contributed by atoms with van der Waals surface area (Å²) in [6.07, 6.45) is -6.39. The van der Waals surface area contributed by atoms with Crippen molar-refractivity contribution in [2.75, 3.05) is 6.54 Å². The molecule has 0 aromatic carbocycles. The Balaban J connectivity index is 0. The smallest absolute Gasteiger partial charge is 0.160 e. The van der Waals surface area contributed by atoms with E-state index < -0.39 is 30.2 Å². The molecule has 0 radical (unpaired) electrons. The topological polar surface area (TPSA) is 124 Å². The zero-order valence-electron chi connectivity index (χ0n) is 7.70. The third kappa shape index (κ3) is 4.45. The van der Waals surface area contributed by atoms with Crippen LogP contribution in [0.4, 0.5) is 0 Å². The number of Topliss-reactive ketones (excluding diaryl/α,β-unsaturated/α-hetero) is 1. The lowest BCUT2D eigenvalue weighted by molar-refractivity contribution is -0.142. The average molecular weight is 274 g/mol. The molecule has 0 aliphatic carbocycles. The highest BCUT2D eigenvalue weighted by molar-refractivity contribution is 8.93. The maximum atomic E-state index is 10.6. The summed E-state index contributed by atoms with van der Waals surface area (Å²) in [5.41, 5.74) is 5.00. The molecule has 6 N–H and O–H groups in total. The van der Waals surface area contributed by atoms with E-state index in [1.165, 1.54) is 0 Å². The summed E-state index contributed by atoms with van der Waals surface area (Å²) in [4.78, 5) is 10.6. The minimum absolute atomic E-state index is 0. The van der Waals surface area contributed by atoms with E-state index in [1.54, 1.807) is 0 Å². The van der Waals surface area contributed by atoms with E-state index in [0.717, 1.165) is 6.92 Å². The number of carbonyl (C=O) groups excluding carboxylic acids is 1. The van der Waals surface area contributed by atoms with Crippen molar-refractivity contribution < 1.29 is 25.2 Å². The van der Waals surface area contributed by atoms with Crippen molar-refractivity contribution >= 4 is 22.8 Å². The van der Waals surface area contributed by atoms with Crippen LogP contribution in [0.15, 0.2) is 0 Å². The van der Waals surface area contributed by atoms with E-state index in [9.17, 15) is 4.79 Å². The largest absolute Gasteiger partial charge is 0.389 e. The summed E-state index contributed by atoms with van der Waals surface area (Å²) in [6, 6.07) is 0. The van der Waals surface area contributed by atoms with Crippen molar-refractivity contribution in [3.05, 3.63) is 0 Å². The van der Waals surface area contributed by atoms with E-state index >= 15 is 0 Å². The van der Waals surface area contributed by atoms with Gasteiger partial charge in [-0.15, -0.1) is 17.0 Å². The molecule has 0 fully saturated rings. The molecular weight excluding hydrogens is 258 g/mol. The standard InChI is InChI=1S/C7H15NO5.BrH/c1-3(9)5(11)7(13)6(12)4(10)2-8;/h4-7,10-13H,2,8H2,1H3;1H/t4-,5+,6-,7-;/m1./s1. The lowest BCUT2D eigenvalue weighted by atomic mass is 10.0. The molecule has 0 amide bonds. The van der Waals surface area contributed by atoms with Crippen molar-refractivity contribution in [3.63, 3.8) is 0 Å². The van der Waals surface area contributed by atoms with Crippen LogP contribution in [0, 0.1) is 0 Å². The fourth-order valence-electron chi connectivity index (χ4n) is 0.794. The molecule has 0 saturated carbocycles. The molecule has 0 saturated heterocycles. The van der Waals surface area contributed by atoms with Gasteiger partial charge in [-0.2, -0.15) is 0 Å². The summed E-state index contributed by atoms with van der Waals surface area (Å²) < 4.78 is 0. The highest BCUT2D eigenvalue weighted by Gasteiger charge is 2.31. The highest BCUT2D eigenvalue weighted by Crippen LogP contribution is 2.05. The Labute approximate surface area is 92.1 Å². The zero-order chi connectivity index (χ0) is 10.6. The number of aliphatic hydroxyl groups is 4. The first-order valence-electron chi connectivity index (χ1n) is 3.84. The Morgan fingerprint density at radius 3 is 1.93 bits per heavy atom. The summed E-state index contributed by atoms with van der Waals surface area (Å²) in [6.45, 7) is 0.804. The number of aliphatic hydroxyl groups excluding tert-OH is 4. The maximum absolute atomic E-state index is 10.6. The molecule has 0 unspecified atom stereocenters. The number of ketones is 1. The fraction of sp³-hybridized carbons (Fsp3) is 0.857. The number of nitrogens with two attached hydrogens (primary N) is 1. The number of hydrogen-bond donors (Lipinski definition) is 5. The molecule has 0 aliphatic rings. The number of hydrogen-bond acceptors (Lipinski definition) is 6. The van der Waals surface area contributed by atoms with Crippen LogP contribution in [0.5, 0.6) is 0 Å². The number of halogens is 1. The molecule has 0 bridgehead atoms. The monoisotopic (exact) mass is 273 g/mol. The maximum Gasteiger partial charge on any atom is 0.160 e. The van der Waals surface area contributed by atoms with Crippen LogP contribution in [0.1, 0.15) is 6.92 Å². The van der Waals surface area contributed by atoms with E-state index in [0.29, 0.717) is 0 Å². The van der Waals surface area contributed by atoms with Crippen molar-refractivity contribution in [2.45, 2.75) is 31.3 Å². The summed E-state index contributed by atoms with van der Waals surface area (Å²) in [5, 5.41) is 36.2. The third-order valence-corrected chi connectivity index (χ3v) is 1.73. The quantitative estimate of drug-likeness (QED) is 0.379. The Bertz CT molecular complexity index is 179. The average Bonchev–Trinajstić information content (AvgIpc) is 2.12. The van der Waals surface area contributed by atoms with Crippen molar-refractivity contribution in [2.24, 2.45) is 5.73 Å². The third-order valence-electron chi connectivity index (χ3n) is 1.73. The van der Waals surface area contributed by atoms with Gasteiger partial charge in [-0.25, -0.2) is 0 Å². The normalized spacial score (nSPS) is 19.0. The van der Waals surface area contributed by atoms with Gasteiger partial charge in [0.25, 0.3) is 0 Å². The van der Waals surface area contributed by atoms with Crippen molar-refractivity contribution in [3.8, 4) is 0 Å². The molecule has 14 heavy (non-hydrogen) atoms. The second-order valence-corrected chi connectivity index (χ2v) is 2.84. The molecule has 0 aromatic rings. The Hall–Kier alpha value is -0.0500. The van der Waals surface area contributed by atoms with E-state index in [4.69, 9.17) is 26.2 Å². The van der Waals surface area contributed by atoms with Crippen LogP contribution in [-0.4, -0.2) is 57.2 Å². The van der Waals surface area contributed by atoms with E-state index in [2.05, 4.69) is 0 Å². The first-order chi connectivity index (χ1) is 5.91. The van der Waals surface area contributed by atoms with Gasteiger partial charge in [0.05, 0.1) is 6.10 Å². The van der Waals surface area contributed by atoms with Gasteiger partial charge in [-0.1, -0.05) is 0 Å². The van der Waals surface area contributed by atoms with Gasteiger partial charge >= 0.3 is 0 Å². The fourth-order valence-corrected chi connectivity index (χ4v) is 0.794. The molecule has 0 aromatic heterocycles. The molecule has 7 heteroatoms. The summed E-state index contributed by atoms with van der Waals surface area (Å²) in [7, 11) is 0. The SMILES string of the molecule is Br.CC(=O)[C@H](O)[C@@H](O)[C@H](O)[C@H](O)CN. The predicted octanol–water partition coefficient (Wildman–Crippen LogP) is -2.44. The van der Waals surface area contributed by atoms with Crippen LogP contribution >= 0.6 is 17.0 Å². The molecule has 86 valence electrons. The van der Waals surface area contributed by atoms with Gasteiger partial charge in [0.2, 0.25) is 0 Å². The lowest BCUT2D eigenvalue weighted by Gasteiger charge is -2.24. The summed E-state index contributed by atoms with van der Waals surface area (Å²) >= 11 is 0. The Morgan fingerprint density at radius 1 is 1.21 bits per heavy atom. The minimum Gasteiger partial charge on any atom is -0.389 e. The second-order valence-electron chi connectivity index (χ2n) is 2.84. The van der Waals surface area contributed by atoms with Gasteiger partial charge in [0.15, 0.2) is 5.78 Å². The molecule has 6 nitrogen and oxygen atoms in total. The van der Waals surface area contributed by atoms with Gasteiger partial charge in [0, 0.05) is 6.54 Å². The van der Waals surface area contributed by atoms with Crippen LogP contribution in [0.3, 0.4) is 0 Å². The van der Waals surface area contributed by atoms with Crippen LogP contribution in [0.2, 0.25) is 0 Å². The van der Waals surface area contributed by atoms with Crippen molar-refractivity contribution in [1.82, 2.24) is 0 Å². The first kappa shape index (κ1) is 16.4. The second kappa shape index (κ2) is 7.27. The first-order valence-corrected chi connectivity index (χ1v) is 3.84. The Morgan fingerprint density at radius 2 is 1.64 bits per heavy atom. The van der Waals surface area contributed by atoms with Crippen molar-refractivity contribution in [1.29, 1.82) is 0 Å². The van der Waals surface area contributed by atoms with E-state index in [-0.39, 0.29) is 23.5 Å². The summed E-state index contributed by atoms with van der Waals surface area (Å²) in [5.74, 6) is -0.684. The number of rotatable bonds is 5. The predicted molar refractivity (Wildman–Crippen MR) is 54.1 cm³/mol. The minimum atomic E-state index is -1.71. The number of carbonyl (C=O) groups is 1. The molecule has 0 heterocycles. The van der Waals surface area contributed by atoms with Crippen LogP contribution in [-0.2, 0) is 4.79 Å². The van der Waals surface area contributed by atoms with Crippen LogP contribution < -0.4 is 5.73 Å². The van der Waals surface area contributed by atoms with Gasteiger partial charge < -0.3 is 26.2 Å². The van der Waals surface area contributed by atoms with Gasteiger partial charge in [-0.3, -0.25) is 4.79 Å². The molecule has 4 atom stereocenters. The highest BCUT2D eigenvalue weighted by atomic mass is 79.9. The van der Waals surface area contributed by atoms with E-state index in [1.807, 2.05) is 0 Å².